The van der Waals surface area contributed by atoms with E-state index in [1.807, 2.05) is 13.1 Å². The zero-order valence-electron chi connectivity index (χ0n) is 12.7. The van der Waals surface area contributed by atoms with E-state index in [4.69, 9.17) is 4.42 Å². The third-order valence-corrected chi connectivity index (χ3v) is 4.21. The van der Waals surface area contributed by atoms with Crippen LogP contribution in [0, 0.1) is 19.3 Å². The molecule has 3 rings (SSSR count). The minimum atomic E-state index is 0.278. The molecule has 1 aliphatic carbocycles. The Labute approximate surface area is 120 Å². The summed E-state index contributed by atoms with van der Waals surface area (Å²) in [6.45, 7) is 9.55. The average Bonchev–Trinajstić information content (AvgIpc) is 2.90. The Bertz CT molecular complexity index is 609. The van der Waals surface area contributed by atoms with Gasteiger partial charge in [-0.15, -0.1) is 0 Å². The first kappa shape index (κ1) is 13.4. The van der Waals surface area contributed by atoms with Gasteiger partial charge in [-0.25, -0.2) is 0 Å². The lowest BCUT2D eigenvalue weighted by atomic mass is 9.74. The second-order valence-electron chi connectivity index (χ2n) is 6.73. The summed E-state index contributed by atoms with van der Waals surface area (Å²) in [4.78, 5) is 0. The molecule has 0 fully saturated rings. The van der Waals surface area contributed by atoms with Gasteiger partial charge >= 0.3 is 0 Å². The van der Waals surface area contributed by atoms with Crippen molar-refractivity contribution in [1.29, 1.82) is 0 Å². The molecule has 1 atom stereocenters. The number of nitrogens with one attached hydrogen (secondary N) is 2. The van der Waals surface area contributed by atoms with E-state index in [0.717, 1.165) is 36.6 Å². The van der Waals surface area contributed by atoms with Gasteiger partial charge in [-0.2, -0.15) is 5.10 Å². The largest absolute Gasteiger partial charge is 0.466 e. The fourth-order valence-corrected chi connectivity index (χ4v) is 3.15. The first-order chi connectivity index (χ1) is 9.44. The van der Waals surface area contributed by atoms with Gasteiger partial charge in [0.2, 0.25) is 0 Å². The minimum Gasteiger partial charge on any atom is -0.466 e. The predicted octanol–water partition coefficient (Wildman–Crippen LogP) is 3.42. The van der Waals surface area contributed by atoms with Crippen molar-refractivity contribution in [3.05, 3.63) is 40.6 Å². The van der Waals surface area contributed by atoms with Gasteiger partial charge in [0.1, 0.15) is 11.5 Å². The molecule has 2 N–H and O–H groups in total. The SMILES string of the molecule is Cc1cc2c(o1)CC(C)(C)C[C@@H]2NCc1cn[nH]c1C. The molecule has 2 aromatic rings. The van der Waals surface area contributed by atoms with E-state index < -0.39 is 0 Å². The molecular weight excluding hydrogens is 250 g/mol. The molecule has 2 aromatic heterocycles. The minimum absolute atomic E-state index is 0.278. The van der Waals surface area contributed by atoms with Gasteiger partial charge in [0, 0.05) is 35.8 Å². The summed E-state index contributed by atoms with van der Waals surface area (Å²) in [5.41, 5.74) is 3.98. The molecule has 0 saturated carbocycles. The lowest BCUT2D eigenvalue weighted by Gasteiger charge is -2.34. The predicted molar refractivity (Wildman–Crippen MR) is 78.5 cm³/mol. The Morgan fingerprint density at radius 3 is 2.95 bits per heavy atom. The molecule has 0 saturated heterocycles. The number of aromatic nitrogens is 2. The maximum Gasteiger partial charge on any atom is 0.109 e. The third kappa shape index (κ3) is 2.52. The molecule has 0 bridgehead atoms. The molecule has 4 nitrogen and oxygen atoms in total. The molecule has 0 unspecified atom stereocenters. The Hall–Kier alpha value is -1.55. The van der Waals surface area contributed by atoms with Crippen LogP contribution in [0.2, 0.25) is 0 Å². The van der Waals surface area contributed by atoms with Crippen LogP contribution in [0.25, 0.3) is 0 Å². The van der Waals surface area contributed by atoms with Gasteiger partial charge in [0.25, 0.3) is 0 Å². The maximum absolute atomic E-state index is 5.87. The van der Waals surface area contributed by atoms with Crippen molar-refractivity contribution in [2.45, 2.75) is 53.1 Å². The Morgan fingerprint density at radius 2 is 2.25 bits per heavy atom. The highest BCUT2D eigenvalue weighted by Crippen LogP contribution is 2.42. The van der Waals surface area contributed by atoms with Crippen molar-refractivity contribution in [3.8, 4) is 0 Å². The van der Waals surface area contributed by atoms with Crippen molar-refractivity contribution in [3.63, 3.8) is 0 Å². The van der Waals surface area contributed by atoms with Crippen LogP contribution in [0.15, 0.2) is 16.7 Å². The number of aryl methyl sites for hydroxylation is 2. The molecule has 20 heavy (non-hydrogen) atoms. The van der Waals surface area contributed by atoms with Gasteiger partial charge < -0.3 is 9.73 Å². The van der Waals surface area contributed by atoms with Crippen LogP contribution in [0.1, 0.15) is 54.7 Å². The van der Waals surface area contributed by atoms with Crippen molar-refractivity contribution >= 4 is 0 Å². The lowest BCUT2D eigenvalue weighted by Crippen LogP contribution is -2.32. The van der Waals surface area contributed by atoms with E-state index in [-0.39, 0.29) is 5.41 Å². The fraction of sp³-hybridized carbons (Fsp3) is 0.562. The van der Waals surface area contributed by atoms with E-state index in [2.05, 4.69) is 42.4 Å². The molecule has 4 heteroatoms. The number of aromatic amines is 1. The van der Waals surface area contributed by atoms with E-state index in [1.165, 1.54) is 11.1 Å². The molecule has 1 aliphatic rings. The summed E-state index contributed by atoms with van der Waals surface area (Å²) in [5, 5.41) is 10.7. The average molecular weight is 273 g/mol. The van der Waals surface area contributed by atoms with Crippen LogP contribution in [0.3, 0.4) is 0 Å². The summed E-state index contributed by atoms with van der Waals surface area (Å²) in [6, 6.07) is 2.55. The first-order valence-electron chi connectivity index (χ1n) is 7.26. The van der Waals surface area contributed by atoms with Crippen LogP contribution in [0.5, 0.6) is 0 Å². The van der Waals surface area contributed by atoms with Crippen LogP contribution >= 0.6 is 0 Å². The van der Waals surface area contributed by atoms with Gasteiger partial charge in [0.15, 0.2) is 0 Å². The van der Waals surface area contributed by atoms with E-state index in [9.17, 15) is 0 Å². The lowest BCUT2D eigenvalue weighted by molar-refractivity contribution is 0.233. The number of H-pyrrole nitrogens is 1. The van der Waals surface area contributed by atoms with Crippen LogP contribution in [-0.4, -0.2) is 10.2 Å². The van der Waals surface area contributed by atoms with Crippen LogP contribution in [-0.2, 0) is 13.0 Å². The molecule has 0 aromatic carbocycles. The molecule has 0 amide bonds. The van der Waals surface area contributed by atoms with Gasteiger partial charge in [0.05, 0.1) is 6.20 Å². The van der Waals surface area contributed by atoms with Gasteiger partial charge in [-0.3, -0.25) is 5.10 Å². The number of rotatable bonds is 3. The van der Waals surface area contributed by atoms with Crippen LogP contribution < -0.4 is 5.32 Å². The van der Waals surface area contributed by atoms with Crippen LogP contribution in [0.4, 0.5) is 0 Å². The van der Waals surface area contributed by atoms with Crippen molar-refractivity contribution in [1.82, 2.24) is 15.5 Å². The maximum atomic E-state index is 5.87. The molecular formula is C16H23N3O. The highest BCUT2D eigenvalue weighted by atomic mass is 16.3. The highest BCUT2D eigenvalue weighted by Gasteiger charge is 2.34. The second kappa shape index (κ2) is 4.77. The molecule has 0 spiro atoms. The summed E-state index contributed by atoms with van der Waals surface area (Å²) in [6.07, 6.45) is 4.06. The Balaban J connectivity index is 1.80. The second-order valence-corrected chi connectivity index (χ2v) is 6.73. The molecule has 108 valence electrons. The highest BCUT2D eigenvalue weighted by molar-refractivity contribution is 5.29. The Kier molecular flexibility index (Phi) is 3.21. The van der Waals surface area contributed by atoms with Crippen molar-refractivity contribution < 1.29 is 4.42 Å². The fourth-order valence-electron chi connectivity index (χ4n) is 3.15. The van der Waals surface area contributed by atoms with E-state index in [1.54, 1.807) is 0 Å². The Morgan fingerprint density at radius 1 is 1.45 bits per heavy atom. The van der Waals surface area contributed by atoms with Gasteiger partial charge in [-0.1, -0.05) is 13.8 Å². The number of hydrogen-bond acceptors (Lipinski definition) is 3. The third-order valence-electron chi connectivity index (χ3n) is 4.21. The van der Waals surface area contributed by atoms with Crippen molar-refractivity contribution in [2.24, 2.45) is 5.41 Å². The normalized spacial score (nSPS) is 20.9. The summed E-state index contributed by atoms with van der Waals surface area (Å²) >= 11 is 0. The monoisotopic (exact) mass is 273 g/mol. The zero-order chi connectivity index (χ0) is 14.3. The summed E-state index contributed by atoms with van der Waals surface area (Å²) in [5.74, 6) is 2.17. The first-order valence-corrected chi connectivity index (χ1v) is 7.26. The smallest absolute Gasteiger partial charge is 0.109 e. The van der Waals surface area contributed by atoms with Gasteiger partial charge in [-0.05, 0) is 31.7 Å². The number of hydrogen-bond donors (Lipinski definition) is 2. The van der Waals surface area contributed by atoms with E-state index >= 15 is 0 Å². The number of furan rings is 1. The summed E-state index contributed by atoms with van der Waals surface area (Å²) < 4.78 is 5.87. The van der Waals surface area contributed by atoms with E-state index in [0.29, 0.717) is 6.04 Å². The molecule has 2 heterocycles. The quantitative estimate of drug-likeness (QED) is 0.901. The molecule has 0 aliphatic heterocycles. The standard InChI is InChI=1S/C16H23N3O/c1-10-5-13-14(6-16(3,4)7-15(13)20-10)17-8-12-9-18-19-11(12)2/h5,9,14,17H,6-8H2,1-4H3,(H,18,19)/t14-/m0/s1. The number of nitrogens with zero attached hydrogens (tertiary/aromatic N) is 1. The number of fused-ring (bicyclic) bond motifs is 1. The molecule has 0 radical (unpaired) electrons. The topological polar surface area (TPSA) is 53.9 Å². The summed E-state index contributed by atoms with van der Waals surface area (Å²) in [7, 11) is 0. The zero-order valence-corrected chi connectivity index (χ0v) is 12.7. The van der Waals surface area contributed by atoms with Crippen molar-refractivity contribution in [2.75, 3.05) is 0 Å².